The zero-order valence-corrected chi connectivity index (χ0v) is 20.5. The summed E-state index contributed by atoms with van der Waals surface area (Å²) in [4.78, 5) is 47.7. The predicted molar refractivity (Wildman–Crippen MR) is 138 cm³/mol. The molecule has 0 atom stereocenters. The summed E-state index contributed by atoms with van der Waals surface area (Å²) < 4.78 is 6.96. The highest BCUT2D eigenvalue weighted by Gasteiger charge is 2.17. The molecule has 11 nitrogen and oxygen atoms in total. The van der Waals surface area contributed by atoms with E-state index in [0.29, 0.717) is 31.1 Å². The number of rotatable bonds is 8. The van der Waals surface area contributed by atoms with Crippen LogP contribution in [0.2, 0.25) is 0 Å². The number of aromatic nitrogens is 3. The van der Waals surface area contributed by atoms with Crippen molar-refractivity contribution in [3.63, 3.8) is 0 Å². The second kappa shape index (κ2) is 11.1. The van der Waals surface area contributed by atoms with E-state index in [9.17, 15) is 14.4 Å². The number of benzene rings is 1. The van der Waals surface area contributed by atoms with Gasteiger partial charge in [-0.2, -0.15) is 0 Å². The Balaban J connectivity index is 1.23. The van der Waals surface area contributed by atoms with Crippen LogP contribution in [0.3, 0.4) is 0 Å². The fourth-order valence-electron chi connectivity index (χ4n) is 4.15. The highest BCUT2D eigenvalue weighted by molar-refractivity contribution is 5.95. The molecule has 1 aliphatic heterocycles. The van der Waals surface area contributed by atoms with Crippen LogP contribution in [-0.2, 0) is 17.8 Å². The highest BCUT2D eigenvalue weighted by Crippen LogP contribution is 2.15. The molecule has 0 spiro atoms. The molecule has 4 aromatic rings. The maximum atomic E-state index is 12.9. The summed E-state index contributed by atoms with van der Waals surface area (Å²) in [6, 6.07) is 15.1. The van der Waals surface area contributed by atoms with E-state index in [-0.39, 0.29) is 29.6 Å². The molecular formula is C27H26N6O5. The van der Waals surface area contributed by atoms with Crippen LogP contribution in [0.25, 0.3) is 5.65 Å². The molecule has 0 unspecified atom stereocenters. The number of nitrogens with one attached hydrogen (secondary N) is 2. The topological polar surface area (TPSA) is 138 Å². The number of carbonyl (C=O) groups excluding carboxylic acids is 2. The molecule has 38 heavy (non-hydrogen) atoms. The number of imidazole rings is 1. The van der Waals surface area contributed by atoms with Crippen molar-refractivity contribution in [1.82, 2.24) is 25.0 Å². The lowest BCUT2D eigenvalue weighted by Crippen LogP contribution is -2.36. The molecule has 194 valence electrons. The first-order valence-corrected chi connectivity index (χ1v) is 12.1. The van der Waals surface area contributed by atoms with Gasteiger partial charge in [0.15, 0.2) is 0 Å². The van der Waals surface area contributed by atoms with Crippen molar-refractivity contribution in [2.24, 2.45) is 0 Å². The Labute approximate surface area is 218 Å². The number of carboxylic acid groups (broad SMARTS) is 1. The van der Waals surface area contributed by atoms with Gasteiger partial charge >= 0.3 is 5.97 Å². The van der Waals surface area contributed by atoms with Gasteiger partial charge < -0.3 is 25.4 Å². The van der Waals surface area contributed by atoms with E-state index < -0.39 is 5.97 Å². The third kappa shape index (κ3) is 5.62. The predicted octanol–water partition coefficient (Wildman–Crippen LogP) is 2.12. The average Bonchev–Trinajstić information content (AvgIpc) is 3.40. The number of hydrogen-bond donors (Lipinski definition) is 3. The third-order valence-corrected chi connectivity index (χ3v) is 6.21. The van der Waals surface area contributed by atoms with Crippen molar-refractivity contribution >= 4 is 29.2 Å². The molecule has 5 rings (SSSR count). The first-order chi connectivity index (χ1) is 18.5. The average molecular weight is 515 g/mol. The lowest BCUT2D eigenvalue weighted by Gasteiger charge is -2.28. The number of fused-ring (bicyclic) bond motifs is 1. The number of nitrogens with zero attached hydrogens (tertiary/aromatic N) is 4. The maximum absolute atomic E-state index is 12.9. The number of morpholine rings is 1. The van der Waals surface area contributed by atoms with E-state index in [1.807, 2.05) is 12.1 Å². The second-order valence-corrected chi connectivity index (χ2v) is 8.75. The van der Waals surface area contributed by atoms with E-state index >= 15 is 0 Å². The first kappa shape index (κ1) is 24.9. The Hall–Kier alpha value is -4.77. The van der Waals surface area contributed by atoms with Crippen molar-refractivity contribution in [2.45, 2.75) is 13.1 Å². The number of amides is 2. The van der Waals surface area contributed by atoms with E-state index in [1.54, 1.807) is 40.9 Å². The van der Waals surface area contributed by atoms with Crippen molar-refractivity contribution in [3.8, 4) is 0 Å². The van der Waals surface area contributed by atoms with E-state index in [0.717, 1.165) is 30.0 Å². The summed E-state index contributed by atoms with van der Waals surface area (Å²) >= 11 is 0. The summed E-state index contributed by atoms with van der Waals surface area (Å²) in [5.74, 6) is -0.870. The first-order valence-electron chi connectivity index (χ1n) is 12.1. The molecule has 1 fully saturated rings. The van der Waals surface area contributed by atoms with Gasteiger partial charge in [0.05, 0.1) is 18.8 Å². The molecule has 0 radical (unpaired) electrons. The monoisotopic (exact) mass is 514 g/mol. The number of ether oxygens (including phenoxy) is 1. The van der Waals surface area contributed by atoms with E-state index in [1.165, 1.54) is 18.3 Å². The number of carboxylic acids is 1. The summed E-state index contributed by atoms with van der Waals surface area (Å²) in [5.41, 5.74) is 2.82. The molecule has 2 amide bonds. The summed E-state index contributed by atoms with van der Waals surface area (Å²) in [5, 5.41) is 14.7. The highest BCUT2D eigenvalue weighted by atomic mass is 16.5. The largest absolute Gasteiger partial charge is 0.478 e. The molecule has 1 aliphatic rings. The van der Waals surface area contributed by atoms with Gasteiger partial charge in [0.25, 0.3) is 11.8 Å². The lowest BCUT2D eigenvalue weighted by molar-refractivity contribution is 0.0696. The van der Waals surface area contributed by atoms with Crippen LogP contribution in [0.15, 0.2) is 67.0 Å². The normalized spacial score (nSPS) is 13.3. The minimum absolute atomic E-state index is 0.176. The molecule has 3 N–H and O–H groups in total. The summed E-state index contributed by atoms with van der Waals surface area (Å²) in [6.07, 6.45) is 3.26. The Morgan fingerprint density at radius 3 is 2.42 bits per heavy atom. The zero-order valence-electron chi connectivity index (χ0n) is 20.5. The van der Waals surface area contributed by atoms with E-state index in [4.69, 9.17) is 9.84 Å². The third-order valence-electron chi connectivity index (χ3n) is 6.21. The Kier molecular flexibility index (Phi) is 7.27. The van der Waals surface area contributed by atoms with Crippen LogP contribution in [0.1, 0.15) is 42.5 Å². The fourth-order valence-corrected chi connectivity index (χ4v) is 4.15. The van der Waals surface area contributed by atoms with Gasteiger partial charge in [-0.05, 0) is 47.5 Å². The Morgan fingerprint density at radius 2 is 1.66 bits per heavy atom. The molecule has 0 bridgehead atoms. The maximum Gasteiger partial charge on any atom is 0.335 e. The van der Waals surface area contributed by atoms with Gasteiger partial charge in [-0.1, -0.05) is 18.2 Å². The molecule has 1 saturated heterocycles. The Bertz CT molecular complexity index is 1480. The molecule has 4 heterocycles. The smallest absolute Gasteiger partial charge is 0.335 e. The number of anilines is 1. The number of hydrogen-bond acceptors (Lipinski definition) is 7. The molecule has 0 saturated carbocycles. The van der Waals surface area contributed by atoms with Gasteiger partial charge in [-0.3, -0.25) is 14.0 Å². The quantitative estimate of drug-likeness (QED) is 0.325. The van der Waals surface area contributed by atoms with E-state index in [2.05, 4.69) is 25.5 Å². The van der Waals surface area contributed by atoms with Gasteiger partial charge in [0.1, 0.15) is 22.9 Å². The van der Waals surface area contributed by atoms with Crippen molar-refractivity contribution in [2.75, 3.05) is 31.2 Å². The number of carbonyl (C=O) groups is 3. The van der Waals surface area contributed by atoms with Gasteiger partial charge in [0, 0.05) is 38.6 Å². The molecular weight excluding hydrogens is 488 g/mol. The van der Waals surface area contributed by atoms with Gasteiger partial charge in [0.2, 0.25) is 0 Å². The molecule has 0 aliphatic carbocycles. The SMILES string of the molecule is O=C(O)c1ccc(CNC(=O)c2cccc3nc(C(=O)NCc4ccnc(N5CCOCC5)c4)cn23)cc1. The molecule has 3 aromatic heterocycles. The van der Waals surface area contributed by atoms with Crippen molar-refractivity contribution in [3.05, 3.63) is 95.1 Å². The van der Waals surface area contributed by atoms with Crippen LogP contribution >= 0.6 is 0 Å². The van der Waals surface area contributed by atoms with Crippen LogP contribution in [0.5, 0.6) is 0 Å². The van der Waals surface area contributed by atoms with Crippen LogP contribution < -0.4 is 15.5 Å². The number of aromatic carboxylic acids is 1. The van der Waals surface area contributed by atoms with Gasteiger partial charge in [-0.15, -0.1) is 0 Å². The molecule has 1 aromatic carbocycles. The summed E-state index contributed by atoms with van der Waals surface area (Å²) in [6.45, 7) is 3.40. The van der Waals surface area contributed by atoms with Crippen molar-refractivity contribution in [1.29, 1.82) is 0 Å². The minimum Gasteiger partial charge on any atom is -0.478 e. The minimum atomic E-state index is -1.01. The number of pyridine rings is 2. The molecule has 11 heteroatoms. The zero-order chi connectivity index (χ0) is 26.5. The standard InChI is InChI=1S/C27H26N6O5/c34-25(29-16-19-8-9-28-24(14-19)32-10-12-38-13-11-32)21-17-33-22(2-1-3-23(33)31-21)26(35)30-15-18-4-6-20(7-5-18)27(36)37/h1-9,14,17H,10-13,15-16H2,(H,29,34)(H,30,35)(H,36,37). The van der Waals surface area contributed by atoms with Crippen molar-refractivity contribution < 1.29 is 24.2 Å². The van der Waals surface area contributed by atoms with Crippen LogP contribution in [-0.4, -0.2) is 63.6 Å². The van der Waals surface area contributed by atoms with Crippen LogP contribution in [0.4, 0.5) is 5.82 Å². The summed E-state index contributed by atoms with van der Waals surface area (Å²) in [7, 11) is 0. The Morgan fingerprint density at radius 1 is 0.921 bits per heavy atom. The second-order valence-electron chi connectivity index (χ2n) is 8.75. The fraction of sp³-hybridized carbons (Fsp3) is 0.222. The van der Waals surface area contributed by atoms with Crippen LogP contribution in [0, 0.1) is 0 Å². The lowest BCUT2D eigenvalue weighted by atomic mass is 10.1. The van der Waals surface area contributed by atoms with Gasteiger partial charge in [-0.25, -0.2) is 14.8 Å².